The third-order valence-corrected chi connectivity index (χ3v) is 4.01. The van der Waals surface area contributed by atoms with E-state index < -0.39 is 23.3 Å². The van der Waals surface area contributed by atoms with Crippen molar-refractivity contribution in [3.05, 3.63) is 67.1 Å². The van der Waals surface area contributed by atoms with E-state index in [-0.39, 0.29) is 32.1 Å². The highest BCUT2D eigenvalue weighted by atomic mass is 35.5. The average Bonchev–Trinajstić information content (AvgIpc) is 2.61. The van der Waals surface area contributed by atoms with Crippen molar-refractivity contribution in [2.75, 3.05) is 6.61 Å². The molecule has 136 valence electrons. The molecule has 0 spiro atoms. The maximum Gasteiger partial charge on any atom is 0.276 e. The number of ether oxygens (including phenoxy) is 1. The second kappa shape index (κ2) is 8.70. The van der Waals surface area contributed by atoms with Gasteiger partial charge in [0.25, 0.3) is 17.5 Å². The maximum absolute atomic E-state index is 11.9. The lowest BCUT2D eigenvalue weighted by atomic mass is 10.2. The highest BCUT2D eigenvalue weighted by Crippen LogP contribution is 2.33. The zero-order valence-electron chi connectivity index (χ0n) is 12.8. The van der Waals surface area contributed by atoms with Crippen molar-refractivity contribution in [2.45, 2.75) is 0 Å². The number of nitro benzene ring substituents is 1. The Balaban J connectivity index is 1.85. The van der Waals surface area contributed by atoms with Crippen molar-refractivity contribution in [1.82, 2.24) is 10.9 Å². The van der Waals surface area contributed by atoms with Crippen LogP contribution in [-0.2, 0) is 4.79 Å². The van der Waals surface area contributed by atoms with Crippen LogP contribution in [0.25, 0.3) is 0 Å². The lowest BCUT2D eigenvalue weighted by Crippen LogP contribution is -2.43. The molecule has 0 aliphatic carbocycles. The van der Waals surface area contributed by atoms with E-state index in [1.807, 2.05) is 0 Å². The number of hydrogen-bond acceptors (Lipinski definition) is 5. The average molecular weight is 419 g/mol. The van der Waals surface area contributed by atoms with E-state index in [1.54, 1.807) is 0 Å². The summed E-state index contributed by atoms with van der Waals surface area (Å²) < 4.78 is 5.20. The number of nitrogens with zero attached hydrogens (tertiary/aromatic N) is 1. The van der Waals surface area contributed by atoms with Gasteiger partial charge < -0.3 is 4.74 Å². The van der Waals surface area contributed by atoms with E-state index >= 15 is 0 Å². The molecule has 0 atom stereocenters. The number of nitrogens with one attached hydrogen (secondary N) is 2. The molecule has 2 N–H and O–H groups in total. The first kappa shape index (κ1) is 19.8. The third kappa shape index (κ3) is 5.22. The molecule has 0 aliphatic heterocycles. The molecule has 0 radical (unpaired) electrons. The molecular weight excluding hydrogens is 409 g/mol. The number of hydrazine groups is 1. The fraction of sp³-hybridized carbons (Fsp3) is 0.0667. The van der Waals surface area contributed by atoms with E-state index in [9.17, 15) is 19.7 Å². The summed E-state index contributed by atoms with van der Waals surface area (Å²) in [5.41, 5.74) is 4.26. The Labute approximate surface area is 162 Å². The van der Waals surface area contributed by atoms with Crippen LogP contribution in [-0.4, -0.2) is 23.3 Å². The Bertz CT molecular complexity index is 858. The van der Waals surface area contributed by atoms with Crippen molar-refractivity contribution in [3.8, 4) is 5.75 Å². The molecule has 0 fully saturated rings. The maximum atomic E-state index is 11.9. The lowest BCUT2D eigenvalue weighted by molar-refractivity contribution is -0.384. The molecule has 0 bridgehead atoms. The summed E-state index contributed by atoms with van der Waals surface area (Å²) in [5, 5.41) is 11.2. The molecule has 11 heteroatoms. The summed E-state index contributed by atoms with van der Waals surface area (Å²) in [6, 6.07) is 7.58. The number of carbonyl (C=O) groups is 2. The van der Waals surface area contributed by atoms with Crippen LogP contribution < -0.4 is 15.6 Å². The highest BCUT2D eigenvalue weighted by molar-refractivity contribution is 6.43. The number of benzene rings is 2. The number of non-ortho nitro benzene ring substituents is 1. The highest BCUT2D eigenvalue weighted by Gasteiger charge is 2.12. The lowest BCUT2D eigenvalue weighted by Gasteiger charge is -2.10. The van der Waals surface area contributed by atoms with Crippen molar-refractivity contribution in [3.63, 3.8) is 0 Å². The number of amides is 2. The van der Waals surface area contributed by atoms with Crippen LogP contribution in [0.2, 0.25) is 15.1 Å². The summed E-state index contributed by atoms with van der Waals surface area (Å²) >= 11 is 17.5. The first-order valence-corrected chi connectivity index (χ1v) is 8.02. The Morgan fingerprint density at radius 1 is 1.00 bits per heavy atom. The number of rotatable bonds is 5. The molecule has 8 nitrogen and oxygen atoms in total. The van der Waals surface area contributed by atoms with Gasteiger partial charge in [-0.1, -0.05) is 34.8 Å². The van der Waals surface area contributed by atoms with Crippen LogP contribution in [0.15, 0.2) is 36.4 Å². The summed E-state index contributed by atoms with van der Waals surface area (Å²) in [5.74, 6) is -1.17. The quantitative estimate of drug-likeness (QED) is 0.439. The first-order chi connectivity index (χ1) is 12.3. The van der Waals surface area contributed by atoms with Gasteiger partial charge in [-0.25, -0.2) is 0 Å². The minimum absolute atomic E-state index is 0.129. The fourth-order valence-electron chi connectivity index (χ4n) is 1.73. The smallest absolute Gasteiger partial charge is 0.276 e. The second-order valence-corrected chi connectivity index (χ2v) is 6.01. The third-order valence-electron chi connectivity index (χ3n) is 2.99. The number of hydrogen-bond donors (Lipinski definition) is 2. The molecular formula is C15H10Cl3N3O5. The summed E-state index contributed by atoms with van der Waals surface area (Å²) in [4.78, 5) is 33.5. The normalized spacial score (nSPS) is 10.1. The summed E-state index contributed by atoms with van der Waals surface area (Å²) in [7, 11) is 0. The van der Waals surface area contributed by atoms with Gasteiger partial charge in [0.1, 0.15) is 5.75 Å². The van der Waals surface area contributed by atoms with Crippen LogP contribution in [0.4, 0.5) is 5.69 Å². The Morgan fingerprint density at radius 2 is 1.62 bits per heavy atom. The summed E-state index contributed by atoms with van der Waals surface area (Å²) in [6.07, 6.45) is 0. The minimum Gasteiger partial charge on any atom is -0.482 e. The van der Waals surface area contributed by atoms with Crippen LogP contribution in [0.5, 0.6) is 5.75 Å². The largest absolute Gasteiger partial charge is 0.482 e. The number of carbonyl (C=O) groups excluding carboxylic acids is 2. The molecule has 0 aromatic heterocycles. The molecule has 26 heavy (non-hydrogen) atoms. The predicted octanol–water partition coefficient (Wildman–Crippen LogP) is 3.40. The van der Waals surface area contributed by atoms with Gasteiger partial charge in [-0.15, -0.1) is 0 Å². The second-order valence-electron chi connectivity index (χ2n) is 4.79. The number of halogens is 3. The predicted molar refractivity (Wildman–Crippen MR) is 95.7 cm³/mol. The molecule has 0 saturated heterocycles. The molecule has 0 aliphatic rings. The van der Waals surface area contributed by atoms with Gasteiger partial charge in [0.15, 0.2) is 6.61 Å². The van der Waals surface area contributed by atoms with Crippen LogP contribution in [0, 0.1) is 10.1 Å². The van der Waals surface area contributed by atoms with Crippen molar-refractivity contribution in [1.29, 1.82) is 0 Å². The van der Waals surface area contributed by atoms with E-state index in [2.05, 4.69) is 10.9 Å². The van der Waals surface area contributed by atoms with Crippen molar-refractivity contribution < 1.29 is 19.2 Å². The van der Waals surface area contributed by atoms with Crippen molar-refractivity contribution >= 4 is 52.3 Å². The Morgan fingerprint density at radius 3 is 2.23 bits per heavy atom. The van der Waals surface area contributed by atoms with E-state index in [0.29, 0.717) is 0 Å². The van der Waals surface area contributed by atoms with Gasteiger partial charge in [0.2, 0.25) is 0 Å². The van der Waals surface area contributed by atoms with E-state index in [1.165, 1.54) is 36.4 Å². The van der Waals surface area contributed by atoms with Crippen LogP contribution >= 0.6 is 34.8 Å². The van der Waals surface area contributed by atoms with E-state index in [4.69, 9.17) is 39.5 Å². The summed E-state index contributed by atoms with van der Waals surface area (Å²) in [6.45, 7) is -0.446. The zero-order chi connectivity index (χ0) is 19.3. The minimum atomic E-state index is -0.664. The van der Waals surface area contributed by atoms with Crippen LogP contribution in [0.1, 0.15) is 10.4 Å². The van der Waals surface area contributed by atoms with Gasteiger partial charge in [-0.2, -0.15) is 0 Å². The van der Waals surface area contributed by atoms with E-state index in [0.717, 1.165) is 0 Å². The van der Waals surface area contributed by atoms with Gasteiger partial charge in [-0.05, 0) is 18.2 Å². The SMILES string of the molecule is O=C(COc1cc(Cl)c(Cl)cc1Cl)NNC(=O)c1ccc([N+](=O)[O-])cc1. The number of nitro groups is 1. The molecule has 0 unspecified atom stereocenters. The van der Waals surface area contributed by atoms with Gasteiger partial charge >= 0.3 is 0 Å². The van der Waals surface area contributed by atoms with Gasteiger partial charge in [-0.3, -0.25) is 30.6 Å². The zero-order valence-corrected chi connectivity index (χ0v) is 15.1. The van der Waals surface area contributed by atoms with Crippen molar-refractivity contribution in [2.24, 2.45) is 0 Å². The van der Waals surface area contributed by atoms with Gasteiger partial charge in [0.05, 0.1) is 20.0 Å². The molecule has 0 heterocycles. The molecule has 2 aromatic carbocycles. The Hall–Kier alpha value is -2.55. The molecule has 2 aromatic rings. The Kier molecular flexibility index (Phi) is 6.62. The standard InChI is InChI=1S/C15H10Cl3N3O5/c16-10-5-12(18)13(6-11(10)17)26-7-14(22)19-20-15(23)8-1-3-9(4-2-8)21(24)25/h1-6H,7H2,(H,19,22)(H,20,23). The van der Waals surface area contributed by atoms with Crippen LogP contribution in [0.3, 0.4) is 0 Å². The molecule has 2 amide bonds. The topological polar surface area (TPSA) is 111 Å². The molecule has 0 saturated carbocycles. The van der Waals surface area contributed by atoms with Gasteiger partial charge in [0, 0.05) is 23.8 Å². The monoisotopic (exact) mass is 417 g/mol. The first-order valence-electron chi connectivity index (χ1n) is 6.89. The molecule has 2 rings (SSSR count). The fourth-order valence-corrected chi connectivity index (χ4v) is 2.32.